The third kappa shape index (κ3) is 4.38. The van der Waals surface area contributed by atoms with Gasteiger partial charge in [0.25, 0.3) is 0 Å². The summed E-state index contributed by atoms with van der Waals surface area (Å²) in [7, 11) is -3.52. The Labute approximate surface area is 145 Å². The molecule has 0 spiro atoms. The summed E-state index contributed by atoms with van der Waals surface area (Å²) in [6.45, 7) is 0.195. The zero-order valence-corrected chi connectivity index (χ0v) is 14.4. The molecular formula is C18H16N2O2S2. The molecule has 0 atom stereocenters. The fourth-order valence-electron chi connectivity index (χ4n) is 2.20. The molecule has 0 bridgehead atoms. The van der Waals surface area contributed by atoms with Gasteiger partial charge < -0.3 is 0 Å². The van der Waals surface area contributed by atoms with E-state index in [0.29, 0.717) is 0 Å². The Kier molecular flexibility index (Phi) is 5.20. The molecular weight excluding hydrogens is 340 g/mol. The van der Waals surface area contributed by atoms with E-state index in [1.165, 1.54) is 5.41 Å². The highest BCUT2D eigenvalue weighted by Crippen LogP contribution is 2.23. The second-order valence-corrected chi connectivity index (χ2v) is 7.53. The Bertz CT molecular complexity index is 919. The highest BCUT2D eigenvalue weighted by Gasteiger charge is 2.10. The van der Waals surface area contributed by atoms with Crippen LogP contribution in [0, 0.1) is 0 Å². The number of hydrogen-bond acceptors (Lipinski definition) is 4. The minimum atomic E-state index is -3.52. The predicted octanol–water partition coefficient (Wildman–Crippen LogP) is 3.90. The Hall–Kier alpha value is -2.28. The van der Waals surface area contributed by atoms with Crippen LogP contribution in [-0.2, 0) is 16.6 Å². The third-order valence-electron chi connectivity index (χ3n) is 3.39. The molecule has 0 saturated heterocycles. The first-order valence-corrected chi connectivity index (χ1v) is 9.82. The molecule has 0 aliphatic rings. The van der Waals surface area contributed by atoms with Gasteiger partial charge in [-0.2, -0.15) is 11.3 Å². The minimum absolute atomic E-state index is 0.195. The molecule has 0 fully saturated rings. The van der Waals surface area contributed by atoms with Crippen LogP contribution in [-0.4, -0.2) is 13.4 Å². The quantitative estimate of drug-likeness (QED) is 0.729. The lowest BCUT2D eigenvalue weighted by Gasteiger charge is -2.07. The maximum Gasteiger partial charge on any atom is 0.234 e. The van der Waals surface area contributed by atoms with Crippen LogP contribution in [0.5, 0.6) is 0 Å². The van der Waals surface area contributed by atoms with Gasteiger partial charge in [-0.3, -0.25) is 4.98 Å². The minimum Gasteiger partial charge on any atom is -0.256 e. The highest BCUT2D eigenvalue weighted by atomic mass is 32.2. The van der Waals surface area contributed by atoms with Gasteiger partial charge in [0.2, 0.25) is 10.0 Å². The predicted molar refractivity (Wildman–Crippen MR) is 98.8 cm³/mol. The van der Waals surface area contributed by atoms with Gasteiger partial charge in [0.1, 0.15) is 0 Å². The zero-order chi connectivity index (χ0) is 16.8. The van der Waals surface area contributed by atoms with Gasteiger partial charge in [-0.05, 0) is 34.7 Å². The van der Waals surface area contributed by atoms with E-state index in [-0.39, 0.29) is 6.54 Å². The molecule has 0 radical (unpaired) electrons. The average Bonchev–Trinajstić information content (AvgIpc) is 3.14. The number of nitrogens with zero attached hydrogens (tertiary/aromatic N) is 1. The largest absolute Gasteiger partial charge is 0.256 e. The lowest BCUT2D eigenvalue weighted by molar-refractivity contribution is 0.591. The Balaban J connectivity index is 1.73. The second-order valence-electron chi connectivity index (χ2n) is 5.10. The van der Waals surface area contributed by atoms with Gasteiger partial charge >= 0.3 is 0 Å². The fraction of sp³-hybridized carbons (Fsp3) is 0.0556. The number of aromatic nitrogens is 1. The first kappa shape index (κ1) is 16.6. The monoisotopic (exact) mass is 356 g/mol. The summed E-state index contributed by atoms with van der Waals surface area (Å²) < 4.78 is 26.9. The molecule has 3 aromatic rings. The Morgan fingerprint density at radius 3 is 2.67 bits per heavy atom. The number of benzene rings is 1. The molecule has 122 valence electrons. The molecule has 1 N–H and O–H groups in total. The van der Waals surface area contributed by atoms with Crippen LogP contribution in [0.15, 0.2) is 70.9 Å². The van der Waals surface area contributed by atoms with Crippen molar-refractivity contribution in [3.8, 4) is 11.3 Å². The van der Waals surface area contributed by atoms with Crippen LogP contribution < -0.4 is 4.72 Å². The van der Waals surface area contributed by atoms with Crippen LogP contribution in [0.4, 0.5) is 0 Å². The number of pyridine rings is 1. The van der Waals surface area contributed by atoms with E-state index in [2.05, 4.69) is 9.71 Å². The molecule has 4 nitrogen and oxygen atoms in total. The van der Waals surface area contributed by atoms with E-state index in [0.717, 1.165) is 22.4 Å². The molecule has 3 rings (SSSR count). The first-order chi connectivity index (χ1) is 11.6. The Morgan fingerprint density at radius 1 is 1.08 bits per heavy atom. The van der Waals surface area contributed by atoms with Gasteiger partial charge in [0, 0.05) is 29.1 Å². The summed E-state index contributed by atoms with van der Waals surface area (Å²) in [4.78, 5) is 4.37. The van der Waals surface area contributed by atoms with Crippen molar-refractivity contribution >= 4 is 27.4 Å². The van der Waals surface area contributed by atoms with Crippen molar-refractivity contribution in [2.45, 2.75) is 6.54 Å². The van der Waals surface area contributed by atoms with Gasteiger partial charge in [-0.25, -0.2) is 13.1 Å². The van der Waals surface area contributed by atoms with E-state index in [1.807, 2.05) is 53.2 Å². The topological polar surface area (TPSA) is 59.1 Å². The summed E-state index contributed by atoms with van der Waals surface area (Å²) in [5, 5.41) is 5.15. The van der Waals surface area contributed by atoms with E-state index in [4.69, 9.17) is 0 Å². The SMILES string of the molecule is O=S(=O)(/C=C/c1ccccc1)NCc1cccnc1-c1ccsc1. The van der Waals surface area contributed by atoms with Gasteiger partial charge in [0.05, 0.1) is 5.69 Å². The number of thiophene rings is 1. The molecule has 2 aromatic heterocycles. The van der Waals surface area contributed by atoms with Crippen LogP contribution in [0.3, 0.4) is 0 Å². The van der Waals surface area contributed by atoms with Crippen molar-refractivity contribution in [3.63, 3.8) is 0 Å². The highest BCUT2D eigenvalue weighted by molar-refractivity contribution is 7.92. The van der Waals surface area contributed by atoms with E-state index >= 15 is 0 Å². The molecule has 1 aromatic carbocycles. The van der Waals surface area contributed by atoms with Crippen molar-refractivity contribution < 1.29 is 8.42 Å². The van der Waals surface area contributed by atoms with Crippen molar-refractivity contribution in [2.24, 2.45) is 0 Å². The number of rotatable bonds is 6. The summed E-state index contributed by atoms with van der Waals surface area (Å²) in [6.07, 6.45) is 3.28. The van der Waals surface area contributed by atoms with E-state index < -0.39 is 10.0 Å². The fourth-order valence-corrected chi connectivity index (χ4v) is 3.63. The van der Waals surface area contributed by atoms with Crippen LogP contribution >= 0.6 is 11.3 Å². The third-order valence-corrected chi connectivity index (χ3v) is 5.11. The van der Waals surface area contributed by atoms with Crippen LogP contribution in [0.1, 0.15) is 11.1 Å². The van der Waals surface area contributed by atoms with Crippen LogP contribution in [0.25, 0.3) is 17.3 Å². The van der Waals surface area contributed by atoms with Crippen LogP contribution in [0.2, 0.25) is 0 Å². The molecule has 6 heteroatoms. The van der Waals surface area contributed by atoms with E-state index in [9.17, 15) is 8.42 Å². The smallest absolute Gasteiger partial charge is 0.234 e. The van der Waals surface area contributed by atoms with Crippen molar-refractivity contribution in [2.75, 3.05) is 0 Å². The lowest BCUT2D eigenvalue weighted by atomic mass is 10.1. The van der Waals surface area contributed by atoms with Gasteiger partial charge in [-0.1, -0.05) is 36.4 Å². The van der Waals surface area contributed by atoms with Crippen molar-refractivity contribution in [3.05, 3.63) is 82.0 Å². The van der Waals surface area contributed by atoms with Crippen molar-refractivity contribution in [1.82, 2.24) is 9.71 Å². The number of sulfonamides is 1. The molecule has 0 unspecified atom stereocenters. The lowest BCUT2D eigenvalue weighted by Crippen LogP contribution is -2.21. The molecule has 0 aliphatic carbocycles. The first-order valence-electron chi connectivity index (χ1n) is 7.33. The summed E-state index contributed by atoms with van der Waals surface area (Å²) in [6, 6.07) is 15.0. The molecule has 0 aliphatic heterocycles. The summed E-state index contributed by atoms with van der Waals surface area (Å²) in [5.74, 6) is 0. The molecule has 2 heterocycles. The van der Waals surface area contributed by atoms with E-state index in [1.54, 1.807) is 29.7 Å². The normalized spacial score (nSPS) is 11.8. The average molecular weight is 356 g/mol. The molecule has 24 heavy (non-hydrogen) atoms. The maximum absolute atomic E-state index is 12.2. The standard InChI is InChI=1S/C18H16N2O2S2/c21-24(22,12-9-15-5-2-1-3-6-15)20-13-16-7-4-10-19-18(16)17-8-11-23-14-17/h1-12,14,20H,13H2/b12-9+. The molecule has 0 amide bonds. The van der Waals surface area contributed by atoms with Gasteiger partial charge in [0.15, 0.2) is 0 Å². The zero-order valence-electron chi connectivity index (χ0n) is 12.8. The number of nitrogens with one attached hydrogen (secondary N) is 1. The van der Waals surface area contributed by atoms with Crippen molar-refractivity contribution in [1.29, 1.82) is 0 Å². The molecule has 0 saturated carbocycles. The number of hydrogen-bond donors (Lipinski definition) is 1. The summed E-state index contributed by atoms with van der Waals surface area (Å²) in [5.41, 5.74) is 3.47. The summed E-state index contributed by atoms with van der Waals surface area (Å²) >= 11 is 1.58. The van der Waals surface area contributed by atoms with Gasteiger partial charge in [-0.15, -0.1) is 0 Å². The Morgan fingerprint density at radius 2 is 1.92 bits per heavy atom. The second kappa shape index (κ2) is 7.53. The maximum atomic E-state index is 12.2.